The molecule has 1 heteroatoms. The van der Waals surface area contributed by atoms with E-state index in [1.807, 2.05) is 0 Å². The van der Waals surface area contributed by atoms with Crippen LogP contribution in [0.25, 0.3) is 0 Å². The SMILES string of the molecule is CCC(CNCC(CC)CC(C)C)CC(C)C. The van der Waals surface area contributed by atoms with Crippen LogP contribution in [-0.2, 0) is 0 Å². The van der Waals surface area contributed by atoms with Gasteiger partial charge in [0.1, 0.15) is 0 Å². The molecule has 0 aliphatic rings. The Morgan fingerprint density at radius 3 is 1.29 bits per heavy atom. The summed E-state index contributed by atoms with van der Waals surface area (Å²) in [6.07, 6.45) is 5.35. The van der Waals surface area contributed by atoms with Gasteiger partial charge in [-0.3, -0.25) is 0 Å². The van der Waals surface area contributed by atoms with E-state index in [1.165, 1.54) is 38.8 Å². The molecule has 1 nitrogen and oxygen atoms in total. The van der Waals surface area contributed by atoms with Crippen molar-refractivity contribution < 1.29 is 0 Å². The van der Waals surface area contributed by atoms with E-state index in [4.69, 9.17) is 0 Å². The van der Waals surface area contributed by atoms with E-state index in [9.17, 15) is 0 Å². The van der Waals surface area contributed by atoms with E-state index < -0.39 is 0 Å². The second-order valence-electron chi connectivity index (χ2n) is 6.47. The smallest absolute Gasteiger partial charge is 0.00204 e. The first-order valence-electron chi connectivity index (χ1n) is 7.70. The van der Waals surface area contributed by atoms with E-state index in [0.29, 0.717) is 0 Å². The van der Waals surface area contributed by atoms with Crippen molar-refractivity contribution in [2.45, 2.75) is 67.2 Å². The van der Waals surface area contributed by atoms with Crippen LogP contribution in [0.1, 0.15) is 67.2 Å². The average molecular weight is 241 g/mol. The van der Waals surface area contributed by atoms with Gasteiger partial charge in [0.15, 0.2) is 0 Å². The van der Waals surface area contributed by atoms with Crippen LogP contribution >= 0.6 is 0 Å². The third kappa shape index (κ3) is 9.64. The summed E-state index contributed by atoms with van der Waals surface area (Å²) in [4.78, 5) is 0. The lowest BCUT2D eigenvalue weighted by Gasteiger charge is -2.21. The normalized spacial score (nSPS) is 15.5. The largest absolute Gasteiger partial charge is 0.316 e. The van der Waals surface area contributed by atoms with E-state index in [-0.39, 0.29) is 0 Å². The minimum atomic E-state index is 0.833. The van der Waals surface area contributed by atoms with Gasteiger partial charge in [-0.2, -0.15) is 0 Å². The molecular formula is C16H35N. The fourth-order valence-electron chi connectivity index (χ4n) is 2.61. The number of nitrogens with one attached hydrogen (secondary N) is 1. The van der Waals surface area contributed by atoms with Crippen molar-refractivity contribution >= 4 is 0 Å². The molecule has 0 aliphatic carbocycles. The molecule has 0 aromatic heterocycles. The Morgan fingerprint density at radius 2 is 1.06 bits per heavy atom. The van der Waals surface area contributed by atoms with Crippen LogP contribution in [0.4, 0.5) is 0 Å². The number of rotatable bonds is 10. The van der Waals surface area contributed by atoms with Gasteiger partial charge in [0, 0.05) is 0 Å². The van der Waals surface area contributed by atoms with Crippen LogP contribution < -0.4 is 5.32 Å². The molecule has 17 heavy (non-hydrogen) atoms. The van der Waals surface area contributed by atoms with Crippen LogP contribution in [0.15, 0.2) is 0 Å². The van der Waals surface area contributed by atoms with Gasteiger partial charge in [0.2, 0.25) is 0 Å². The van der Waals surface area contributed by atoms with Crippen molar-refractivity contribution in [1.29, 1.82) is 0 Å². The summed E-state index contributed by atoms with van der Waals surface area (Å²) in [5.74, 6) is 3.40. The van der Waals surface area contributed by atoms with Crippen molar-refractivity contribution in [3.63, 3.8) is 0 Å². The molecule has 0 radical (unpaired) electrons. The second-order valence-corrected chi connectivity index (χ2v) is 6.47. The van der Waals surface area contributed by atoms with Crippen molar-refractivity contribution in [3.05, 3.63) is 0 Å². The average Bonchev–Trinajstić information content (AvgIpc) is 2.25. The molecule has 0 saturated carbocycles. The zero-order chi connectivity index (χ0) is 13.3. The molecule has 0 spiro atoms. The third-order valence-electron chi connectivity index (χ3n) is 3.63. The Hall–Kier alpha value is -0.0400. The molecule has 0 bridgehead atoms. The summed E-state index contributed by atoms with van der Waals surface area (Å²) in [6, 6.07) is 0. The van der Waals surface area contributed by atoms with E-state index in [2.05, 4.69) is 46.9 Å². The van der Waals surface area contributed by atoms with Crippen LogP contribution in [0.5, 0.6) is 0 Å². The number of hydrogen-bond acceptors (Lipinski definition) is 1. The highest BCUT2D eigenvalue weighted by atomic mass is 14.9. The zero-order valence-electron chi connectivity index (χ0n) is 13.1. The molecule has 1 N–H and O–H groups in total. The zero-order valence-corrected chi connectivity index (χ0v) is 13.1. The first-order valence-corrected chi connectivity index (χ1v) is 7.70. The van der Waals surface area contributed by atoms with Crippen molar-refractivity contribution in [1.82, 2.24) is 5.32 Å². The monoisotopic (exact) mass is 241 g/mol. The van der Waals surface area contributed by atoms with Gasteiger partial charge in [-0.05, 0) is 49.6 Å². The standard InChI is InChI=1S/C16H35N/c1-7-15(9-13(3)4)11-17-12-16(8-2)10-14(5)6/h13-17H,7-12H2,1-6H3. The molecule has 0 heterocycles. The first-order chi connectivity index (χ1) is 7.99. The van der Waals surface area contributed by atoms with Gasteiger partial charge < -0.3 is 5.32 Å². The van der Waals surface area contributed by atoms with Gasteiger partial charge in [0.05, 0.1) is 0 Å². The lowest BCUT2D eigenvalue weighted by atomic mass is 9.93. The van der Waals surface area contributed by atoms with Crippen molar-refractivity contribution in [3.8, 4) is 0 Å². The quantitative estimate of drug-likeness (QED) is 0.583. The minimum Gasteiger partial charge on any atom is -0.316 e. The summed E-state index contributed by atoms with van der Waals surface area (Å²) in [5.41, 5.74) is 0. The molecule has 0 aromatic rings. The summed E-state index contributed by atoms with van der Waals surface area (Å²) in [5, 5.41) is 3.70. The Bertz CT molecular complexity index is 145. The predicted molar refractivity (Wildman–Crippen MR) is 79.3 cm³/mol. The second kappa shape index (κ2) is 9.94. The Balaban J connectivity index is 3.77. The van der Waals surface area contributed by atoms with Crippen LogP contribution in [0, 0.1) is 23.7 Å². The third-order valence-corrected chi connectivity index (χ3v) is 3.63. The Morgan fingerprint density at radius 1 is 0.706 bits per heavy atom. The molecular weight excluding hydrogens is 206 g/mol. The van der Waals surface area contributed by atoms with Crippen molar-refractivity contribution in [2.24, 2.45) is 23.7 Å². The van der Waals surface area contributed by atoms with Gasteiger partial charge in [0.25, 0.3) is 0 Å². The fraction of sp³-hybridized carbons (Fsp3) is 1.00. The molecule has 0 amide bonds. The van der Waals surface area contributed by atoms with E-state index in [1.54, 1.807) is 0 Å². The minimum absolute atomic E-state index is 0.833. The maximum atomic E-state index is 3.70. The maximum Gasteiger partial charge on any atom is -0.00204 e. The van der Waals surface area contributed by atoms with Crippen LogP contribution in [0.2, 0.25) is 0 Å². The highest BCUT2D eigenvalue weighted by molar-refractivity contribution is 4.67. The molecule has 2 unspecified atom stereocenters. The molecule has 2 atom stereocenters. The summed E-state index contributed by atoms with van der Waals surface area (Å²) in [6.45, 7) is 16.4. The molecule has 0 aliphatic heterocycles. The first kappa shape index (κ1) is 17.0. The highest BCUT2D eigenvalue weighted by Gasteiger charge is 2.11. The van der Waals surface area contributed by atoms with Gasteiger partial charge >= 0.3 is 0 Å². The number of hydrogen-bond donors (Lipinski definition) is 1. The Kier molecular flexibility index (Phi) is 9.91. The summed E-state index contributed by atoms with van der Waals surface area (Å²) >= 11 is 0. The lowest BCUT2D eigenvalue weighted by molar-refractivity contribution is 0.337. The predicted octanol–water partition coefficient (Wildman–Crippen LogP) is 4.72. The molecule has 0 fully saturated rings. The van der Waals surface area contributed by atoms with E-state index in [0.717, 1.165) is 23.7 Å². The molecule has 0 saturated heterocycles. The highest BCUT2D eigenvalue weighted by Crippen LogP contribution is 2.16. The summed E-state index contributed by atoms with van der Waals surface area (Å²) < 4.78 is 0. The van der Waals surface area contributed by atoms with Crippen molar-refractivity contribution in [2.75, 3.05) is 13.1 Å². The maximum absolute atomic E-state index is 3.70. The van der Waals surface area contributed by atoms with Gasteiger partial charge in [-0.15, -0.1) is 0 Å². The van der Waals surface area contributed by atoms with Gasteiger partial charge in [-0.1, -0.05) is 54.4 Å². The fourth-order valence-corrected chi connectivity index (χ4v) is 2.61. The lowest BCUT2D eigenvalue weighted by Crippen LogP contribution is -2.29. The van der Waals surface area contributed by atoms with E-state index >= 15 is 0 Å². The van der Waals surface area contributed by atoms with Gasteiger partial charge in [-0.25, -0.2) is 0 Å². The van der Waals surface area contributed by atoms with Crippen LogP contribution in [-0.4, -0.2) is 13.1 Å². The van der Waals surface area contributed by atoms with Crippen LogP contribution in [0.3, 0.4) is 0 Å². The topological polar surface area (TPSA) is 12.0 Å². The molecule has 104 valence electrons. The molecule has 0 aromatic carbocycles. The Labute approximate surface area is 110 Å². The summed E-state index contributed by atoms with van der Waals surface area (Å²) in [7, 11) is 0. The molecule has 0 rings (SSSR count).